The van der Waals surface area contributed by atoms with Crippen LogP contribution in [0, 0.1) is 10.7 Å². The van der Waals surface area contributed by atoms with Crippen LogP contribution in [0.25, 0.3) is 0 Å². The monoisotopic (exact) mass is 385 g/mol. The van der Waals surface area contributed by atoms with E-state index in [0.29, 0.717) is 36.6 Å². The maximum absolute atomic E-state index is 12.8. The predicted molar refractivity (Wildman–Crippen MR) is 103 cm³/mol. The van der Waals surface area contributed by atoms with Gasteiger partial charge >= 0.3 is 0 Å². The summed E-state index contributed by atoms with van der Waals surface area (Å²) in [5.74, 6) is -0.0852. The highest BCUT2D eigenvalue weighted by Crippen LogP contribution is 2.45. The Morgan fingerprint density at radius 2 is 2.07 bits per heavy atom. The number of nitrogens with one attached hydrogen (secondary N) is 3. The second kappa shape index (κ2) is 6.70. The zero-order valence-corrected chi connectivity index (χ0v) is 15.5. The first-order valence-electron chi connectivity index (χ1n) is 8.81. The molecule has 0 radical (unpaired) electrons. The lowest BCUT2D eigenvalue weighted by Crippen LogP contribution is -2.38. The largest absolute Gasteiger partial charge is 0.504 e. The normalized spacial score (nSPS) is 20.9. The average Bonchev–Trinajstić information content (AvgIpc) is 2.62. The number of hydrogen-bond acceptors (Lipinski definition) is 6. The highest BCUT2D eigenvalue weighted by atomic mass is 32.1. The number of rotatable bonds is 3. The third-order valence-electron chi connectivity index (χ3n) is 4.97. The first kappa shape index (κ1) is 17.5. The number of ether oxygens (including phenoxy) is 1. The maximum atomic E-state index is 12.8. The topological polar surface area (TPSA) is 107 Å². The van der Waals surface area contributed by atoms with Gasteiger partial charge in [-0.2, -0.15) is 0 Å². The van der Waals surface area contributed by atoms with E-state index in [2.05, 4.69) is 15.3 Å². The van der Waals surface area contributed by atoms with Crippen molar-refractivity contribution in [1.29, 1.82) is 0 Å². The molecule has 8 heteroatoms. The smallest absolute Gasteiger partial charge is 0.257 e. The molecule has 4 N–H and O–H groups in total. The fourth-order valence-corrected chi connectivity index (χ4v) is 4.07. The Labute approximate surface area is 160 Å². The summed E-state index contributed by atoms with van der Waals surface area (Å²) < 4.78 is 5.71. The number of allylic oxidation sites excluding steroid dienone is 2. The highest BCUT2D eigenvalue weighted by molar-refractivity contribution is 7.71. The van der Waals surface area contributed by atoms with E-state index in [1.807, 2.05) is 13.0 Å². The van der Waals surface area contributed by atoms with Crippen LogP contribution in [0.1, 0.15) is 36.8 Å². The van der Waals surface area contributed by atoms with Crippen molar-refractivity contribution >= 4 is 23.8 Å². The van der Waals surface area contributed by atoms with Crippen LogP contribution in [0.15, 0.2) is 34.8 Å². The summed E-state index contributed by atoms with van der Waals surface area (Å²) >= 11 is 5.09. The molecule has 2 aliphatic rings. The van der Waals surface area contributed by atoms with E-state index < -0.39 is 11.8 Å². The molecule has 2 atom stereocenters. The van der Waals surface area contributed by atoms with E-state index in [1.54, 1.807) is 12.1 Å². The van der Waals surface area contributed by atoms with Gasteiger partial charge in [0.05, 0.1) is 18.1 Å². The fourth-order valence-electron chi connectivity index (χ4n) is 3.88. The van der Waals surface area contributed by atoms with Crippen molar-refractivity contribution in [2.75, 3.05) is 11.9 Å². The lowest BCUT2D eigenvalue weighted by Gasteiger charge is -2.36. The van der Waals surface area contributed by atoms with Gasteiger partial charge in [0.2, 0.25) is 0 Å². The summed E-state index contributed by atoms with van der Waals surface area (Å²) in [4.78, 5) is 31.1. The van der Waals surface area contributed by atoms with Gasteiger partial charge in [-0.05, 0) is 43.3 Å². The molecular formula is C19H19N3O4S. The van der Waals surface area contributed by atoms with Crippen molar-refractivity contribution in [2.24, 2.45) is 5.92 Å². The first-order valence-corrected chi connectivity index (χ1v) is 9.22. The number of Topliss-reactive ketones (excluding diaryl/α,β-unsaturated/α-hetero) is 1. The summed E-state index contributed by atoms with van der Waals surface area (Å²) in [6.45, 7) is 2.21. The molecule has 2 heterocycles. The number of carbonyl (C=O) groups is 1. The van der Waals surface area contributed by atoms with Crippen molar-refractivity contribution in [3.63, 3.8) is 0 Å². The van der Waals surface area contributed by atoms with Crippen LogP contribution in [0.3, 0.4) is 0 Å². The Balaban J connectivity index is 1.97. The molecule has 0 saturated carbocycles. The molecule has 140 valence electrons. The number of phenolic OH excluding ortho intramolecular Hbond substituents is 1. The van der Waals surface area contributed by atoms with E-state index in [0.717, 1.165) is 11.3 Å². The zero-order valence-electron chi connectivity index (χ0n) is 14.7. The molecule has 0 spiro atoms. The van der Waals surface area contributed by atoms with Crippen molar-refractivity contribution in [1.82, 2.24) is 9.97 Å². The Morgan fingerprint density at radius 1 is 1.26 bits per heavy atom. The number of benzene rings is 1. The van der Waals surface area contributed by atoms with Crippen LogP contribution in [-0.4, -0.2) is 27.5 Å². The van der Waals surface area contributed by atoms with Crippen LogP contribution in [-0.2, 0) is 4.79 Å². The number of aromatic hydroxyl groups is 1. The maximum Gasteiger partial charge on any atom is 0.257 e. The number of aromatic amines is 2. The van der Waals surface area contributed by atoms with Gasteiger partial charge in [-0.15, -0.1) is 0 Å². The molecule has 1 aromatic carbocycles. The van der Waals surface area contributed by atoms with Gasteiger partial charge in [-0.1, -0.05) is 12.1 Å². The molecule has 27 heavy (non-hydrogen) atoms. The molecule has 0 saturated heterocycles. The summed E-state index contributed by atoms with van der Waals surface area (Å²) in [5, 5.41) is 13.2. The molecular weight excluding hydrogens is 366 g/mol. The number of anilines is 1. The molecule has 1 aliphatic heterocycles. The SMILES string of the molecule is CCOc1cc([C@@H]2c3c([nH]c(=S)[nH]c3=O)NC3=CCCC(=O)[C@H]32)ccc1O. The van der Waals surface area contributed by atoms with Gasteiger partial charge in [-0.3, -0.25) is 14.6 Å². The Hall–Kier alpha value is -2.87. The van der Waals surface area contributed by atoms with Gasteiger partial charge in [0.15, 0.2) is 16.3 Å². The third kappa shape index (κ3) is 2.95. The van der Waals surface area contributed by atoms with Crippen molar-refractivity contribution in [3.05, 3.63) is 56.2 Å². The van der Waals surface area contributed by atoms with Gasteiger partial charge in [0, 0.05) is 18.0 Å². The molecule has 4 rings (SSSR count). The van der Waals surface area contributed by atoms with Crippen molar-refractivity contribution < 1.29 is 14.6 Å². The van der Waals surface area contributed by atoms with E-state index in [-0.39, 0.29) is 21.9 Å². The zero-order chi connectivity index (χ0) is 19.1. The molecule has 0 unspecified atom stereocenters. The van der Waals surface area contributed by atoms with Crippen LogP contribution < -0.4 is 15.6 Å². The molecule has 0 bridgehead atoms. The number of hydrogen-bond donors (Lipinski definition) is 4. The second-order valence-electron chi connectivity index (χ2n) is 6.60. The summed E-state index contributed by atoms with van der Waals surface area (Å²) in [6, 6.07) is 4.94. The molecule has 0 amide bonds. The lowest BCUT2D eigenvalue weighted by molar-refractivity contribution is -0.122. The average molecular weight is 385 g/mol. The van der Waals surface area contributed by atoms with E-state index >= 15 is 0 Å². The lowest BCUT2D eigenvalue weighted by atomic mass is 9.72. The summed E-state index contributed by atoms with van der Waals surface area (Å²) in [6.07, 6.45) is 3.08. The minimum atomic E-state index is -0.504. The second-order valence-corrected chi connectivity index (χ2v) is 7.01. The van der Waals surface area contributed by atoms with Gasteiger partial charge in [0.25, 0.3) is 5.56 Å². The van der Waals surface area contributed by atoms with Crippen molar-refractivity contribution in [3.8, 4) is 11.5 Å². The number of ketones is 1. The molecule has 7 nitrogen and oxygen atoms in total. The van der Waals surface area contributed by atoms with E-state index in [4.69, 9.17) is 17.0 Å². The van der Waals surface area contributed by atoms with Gasteiger partial charge in [-0.25, -0.2) is 0 Å². The number of phenols is 1. The third-order valence-corrected chi connectivity index (χ3v) is 5.18. The van der Waals surface area contributed by atoms with Gasteiger partial charge < -0.3 is 20.1 Å². The minimum absolute atomic E-state index is 0.0156. The van der Waals surface area contributed by atoms with Crippen LogP contribution in [0.5, 0.6) is 11.5 Å². The Bertz CT molecular complexity index is 1070. The van der Waals surface area contributed by atoms with E-state index in [1.165, 1.54) is 6.07 Å². The highest BCUT2D eigenvalue weighted by Gasteiger charge is 2.42. The fraction of sp³-hybridized carbons (Fsp3) is 0.316. The van der Waals surface area contributed by atoms with Crippen LogP contribution in [0.2, 0.25) is 0 Å². The molecule has 0 fully saturated rings. The quantitative estimate of drug-likeness (QED) is 0.605. The first-order chi connectivity index (χ1) is 13.0. The number of fused-ring (bicyclic) bond motifs is 2. The van der Waals surface area contributed by atoms with Crippen LogP contribution in [0.4, 0.5) is 5.82 Å². The van der Waals surface area contributed by atoms with Gasteiger partial charge in [0.1, 0.15) is 11.6 Å². The summed E-state index contributed by atoms with van der Waals surface area (Å²) in [7, 11) is 0. The number of aromatic nitrogens is 2. The number of carbonyl (C=O) groups excluding carboxylic acids is 1. The summed E-state index contributed by atoms with van der Waals surface area (Å²) in [5.41, 5.74) is 1.58. The van der Waals surface area contributed by atoms with E-state index in [9.17, 15) is 14.7 Å². The predicted octanol–water partition coefficient (Wildman–Crippen LogP) is 2.96. The Morgan fingerprint density at radius 3 is 2.85 bits per heavy atom. The molecule has 1 aliphatic carbocycles. The van der Waals surface area contributed by atoms with Crippen LogP contribution >= 0.6 is 12.2 Å². The van der Waals surface area contributed by atoms with Crippen molar-refractivity contribution in [2.45, 2.75) is 25.7 Å². The Kier molecular flexibility index (Phi) is 4.35. The standard InChI is InChI=1S/C19H19N3O4S/c1-2-26-13-8-9(6-7-11(13)23)14-15-10(4-3-5-12(15)24)20-17-16(14)18(25)22-19(27)21-17/h4,6-8,14-15,23H,2-3,5H2,1H3,(H3,20,21,22,25,27)/t14-,15-/m0/s1. The molecule has 1 aromatic heterocycles. The number of H-pyrrole nitrogens is 2. The minimum Gasteiger partial charge on any atom is -0.504 e. The molecule has 2 aromatic rings.